The smallest absolute Gasteiger partial charge is 0.249 e. The third-order valence-electron chi connectivity index (χ3n) is 11.4. The zero-order valence-corrected chi connectivity index (χ0v) is 36.7. The van der Waals surface area contributed by atoms with E-state index in [4.69, 9.17) is 0 Å². The molecule has 4 unspecified atom stereocenters. The number of unbranched alkanes of at least 4 members (excludes halogenated alkanes) is 31. The molecular formula is C49H95NO5. The van der Waals surface area contributed by atoms with E-state index in [-0.39, 0.29) is 0 Å². The van der Waals surface area contributed by atoms with Crippen molar-refractivity contribution in [3.63, 3.8) is 0 Å². The van der Waals surface area contributed by atoms with Crippen LogP contribution in [0.4, 0.5) is 0 Å². The molecule has 0 heterocycles. The highest BCUT2D eigenvalue weighted by atomic mass is 16.3. The second-order valence-electron chi connectivity index (χ2n) is 16.8. The molecule has 55 heavy (non-hydrogen) atoms. The van der Waals surface area contributed by atoms with E-state index in [1.54, 1.807) is 0 Å². The molecule has 0 spiro atoms. The number of carbonyl (C=O) groups excluding carboxylic acids is 1. The van der Waals surface area contributed by atoms with Crippen molar-refractivity contribution < 1.29 is 25.2 Å². The van der Waals surface area contributed by atoms with Crippen molar-refractivity contribution in [1.82, 2.24) is 5.32 Å². The molecule has 0 aliphatic rings. The molecule has 0 aromatic carbocycles. The SMILES string of the molecule is CCCCCCCC/C=C/CC/C=C/CCCC(O)C(O)C(CO)NC(=O)C(O)CCCCCCCCCCCCCCCCCCCCCCCCCC. The molecule has 0 aromatic rings. The van der Waals surface area contributed by atoms with Crippen molar-refractivity contribution in [2.24, 2.45) is 0 Å². The maximum absolute atomic E-state index is 12.5. The summed E-state index contributed by atoms with van der Waals surface area (Å²) in [5, 5.41) is 43.7. The van der Waals surface area contributed by atoms with Crippen molar-refractivity contribution >= 4 is 5.91 Å². The number of hydrogen-bond donors (Lipinski definition) is 5. The van der Waals surface area contributed by atoms with Crippen LogP contribution in [0.5, 0.6) is 0 Å². The van der Waals surface area contributed by atoms with Gasteiger partial charge in [0.1, 0.15) is 12.2 Å². The Hall–Kier alpha value is -1.21. The van der Waals surface area contributed by atoms with Crippen molar-refractivity contribution in [3.8, 4) is 0 Å². The average Bonchev–Trinajstić information content (AvgIpc) is 3.19. The predicted molar refractivity (Wildman–Crippen MR) is 237 cm³/mol. The summed E-state index contributed by atoms with van der Waals surface area (Å²) in [5.74, 6) is -0.594. The Morgan fingerprint density at radius 3 is 1.15 bits per heavy atom. The summed E-state index contributed by atoms with van der Waals surface area (Å²) in [6.45, 7) is 4.04. The van der Waals surface area contributed by atoms with E-state index >= 15 is 0 Å². The average molecular weight is 778 g/mol. The Labute approximate surface area is 342 Å². The first-order chi connectivity index (χ1) is 27.0. The lowest BCUT2D eigenvalue weighted by molar-refractivity contribution is -0.132. The maximum Gasteiger partial charge on any atom is 0.249 e. The lowest BCUT2D eigenvalue weighted by atomic mass is 10.00. The van der Waals surface area contributed by atoms with Crippen LogP contribution in [0.3, 0.4) is 0 Å². The normalized spacial score (nSPS) is 14.2. The second kappa shape index (κ2) is 43.9. The predicted octanol–water partition coefficient (Wildman–Crippen LogP) is 13.1. The third kappa shape index (κ3) is 38.1. The first-order valence-corrected chi connectivity index (χ1v) is 24.2. The lowest BCUT2D eigenvalue weighted by Gasteiger charge is -2.27. The number of aliphatic hydroxyl groups excluding tert-OH is 4. The number of hydrogen-bond acceptors (Lipinski definition) is 5. The summed E-state index contributed by atoms with van der Waals surface area (Å²) >= 11 is 0. The van der Waals surface area contributed by atoms with Crippen molar-refractivity contribution in [1.29, 1.82) is 0 Å². The highest BCUT2D eigenvalue weighted by molar-refractivity contribution is 5.80. The van der Waals surface area contributed by atoms with Crippen LogP contribution in [0.2, 0.25) is 0 Å². The summed E-state index contributed by atoms with van der Waals surface area (Å²) in [4.78, 5) is 12.5. The molecule has 6 nitrogen and oxygen atoms in total. The molecule has 0 saturated heterocycles. The Bertz CT molecular complexity index is 832. The Kier molecular flexibility index (Phi) is 42.9. The van der Waals surface area contributed by atoms with Crippen LogP contribution in [-0.2, 0) is 4.79 Å². The van der Waals surface area contributed by atoms with Gasteiger partial charge in [0, 0.05) is 0 Å². The molecule has 4 atom stereocenters. The monoisotopic (exact) mass is 778 g/mol. The third-order valence-corrected chi connectivity index (χ3v) is 11.4. The minimum atomic E-state index is -1.29. The van der Waals surface area contributed by atoms with Gasteiger partial charge in [-0.2, -0.15) is 0 Å². The maximum atomic E-state index is 12.5. The molecule has 1 amide bonds. The zero-order valence-electron chi connectivity index (χ0n) is 36.7. The highest BCUT2D eigenvalue weighted by Crippen LogP contribution is 2.17. The zero-order chi connectivity index (χ0) is 40.3. The minimum absolute atomic E-state index is 0.364. The summed E-state index contributed by atoms with van der Waals surface area (Å²) in [7, 11) is 0. The van der Waals surface area contributed by atoms with Crippen LogP contribution in [-0.4, -0.2) is 57.3 Å². The number of carbonyl (C=O) groups is 1. The summed E-state index contributed by atoms with van der Waals surface area (Å²) < 4.78 is 0. The largest absolute Gasteiger partial charge is 0.394 e. The van der Waals surface area contributed by atoms with Crippen LogP contribution in [0.15, 0.2) is 24.3 Å². The van der Waals surface area contributed by atoms with E-state index < -0.39 is 36.9 Å². The van der Waals surface area contributed by atoms with Gasteiger partial charge in [0.05, 0.1) is 18.8 Å². The van der Waals surface area contributed by atoms with Gasteiger partial charge in [0.15, 0.2) is 0 Å². The van der Waals surface area contributed by atoms with Gasteiger partial charge >= 0.3 is 0 Å². The quantitative estimate of drug-likeness (QED) is 0.0313. The standard InChI is InChI=1S/C49H95NO5/c1-3-5-7-9-11-13-15-17-19-20-21-22-23-24-25-26-27-29-31-33-35-37-39-41-43-47(53)49(55)50-45(44-51)48(54)46(52)42-40-38-36-34-32-30-28-18-16-14-12-10-8-6-4-2/h18,28,34,36,45-48,51-54H,3-17,19-27,29-33,35,37-44H2,1-2H3,(H,50,55)/b28-18+,36-34+. The van der Waals surface area contributed by atoms with Crippen molar-refractivity contribution in [2.45, 2.75) is 276 Å². The number of allylic oxidation sites excluding steroid dienone is 4. The topological polar surface area (TPSA) is 110 Å². The van der Waals surface area contributed by atoms with Crippen LogP contribution in [0.25, 0.3) is 0 Å². The Balaban J connectivity index is 3.68. The van der Waals surface area contributed by atoms with Crippen molar-refractivity contribution in [3.05, 3.63) is 24.3 Å². The first-order valence-electron chi connectivity index (χ1n) is 24.2. The fourth-order valence-electron chi connectivity index (χ4n) is 7.54. The molecule has 0 aliphatic heterocycles. The van der Waals surface area contributed by atoms with E-state index in [9.17, 15) is 25.2 Å². The van der Waals surface area contributed by atoms with Gasteiger partial charge in [-0.15, -0.1) is 0 Å². The van der Waals surface area contributed by atoms with Crippen LogP contribution < -0.4 is 5.32 Å². The molecule has 0 fully saturated rings. The van der Waals surface area contributed by atoms with Gasteiger partial charge in [0.2, 0.25) is 5.91 Å². The van der Waals surface area contributed by atoms with E-state index in [1.165, 1.54) is 180 Å². The summed E-state index contributed by atoms with van der Waals surface area (Å²) in [6.07, 6.45) is 50.8. The van der Waals surface area contributed by atoms with Crippen LogP contribution in [0.1, 0.15) is 251 Å². The molecule has 0 aromatic heterocycles. The fraction of sp³-hybridized carbons (Fsp3) is 0.898. The second-order valence-corrected chi connectivity index (χ2v) is 16.8. The van der Waals surface area contributed by atoms with Gasteiger partial charge in [0.25, 0.3) is 0 Å². The van der Waals surface area contributed by atoms with Crippen LogP contribution in [0, 0.1) is 0 Å². The van der Waals surface area contributed by atoms with E-state index in [1.807, 2.05) is 0 Å². The molecule has 0 aliphatic carbocycles. The summed E-state index contributed by atoms with van der Waals surface area (Å²) in [5.41, 5.74) is 0. The molecule has 326 valence electrons. The first kappa shape index (κ1) is 53.8. The number of rotatable bonds is 44. The Morgan fingerprint density at radius 1 is 0.436 bits per heavy atom. The van der Waals surface area contributed by atoms with Gasteiger partial charge in [-0.25, -0.2) is 0 Å². The minimum Gasteiger partial charge on any atom is -0.394 e. The number of amides is 1. The van der Waals surface area contributed by atoms with Gasteiger partial charge in [-0.05, 0) is 51.4 Å². The van der Waals surface area contributed by atoms with E-state index in [0.717, 1.165) is 38.5 Å². The molecule has 6 heteroatoms. The number of aliphatic hydroxyl groups is 4. The molecule has 0 bridgehead atoms. The molecule has 0 saturated carbocycles. The van der Waals surface area contributed by atoms with Gasteiger partial charge in [-0.1, -0.05) is 224 Å². The fourth-order valence-corrected chi connectivity index (χ4v) is 7.54. The molecule has 0 rings (SSSR count). The van der Waals surface area contributed by atoms with Crippen LogP contribution >= 0.6 is 0 Å². The lowest BCUT2D eigenvalue weighted by Crippen LogP contribution is -2.53. The van der Waals surface area contributed by atoms with E-state index in [2.05, 4.69) is 43.5 Å². The highest BCUT2D eigenvalue weighted by Gasteiger charge is 2.28. The Morgan fingerprint density at radius 2 is 0.764 bits per heavy atom. The number of nitrogens with one attached hydrogen (secondary N) is 1. The molecule has 0 radical (unpaired) electrons. The van der Waals surface area contributed by atoms with Crippen molar-refractivity contribution in [2.75, 3.05) is 6.61 Å². The van der Waals surface area contributed by atoms with Gasteiger partial charge in [-0.3, -0.25) is 4.79 Å². The summed E-state index contributed by atoms with van der Waals surface area (Å²) in [6, 6.07) is -1.00. The van der Waals surface area contributed by atoms with E-state index in [0.29, 0.717) is 19.3 Å². The molecule has 5 N–H and O–H groups in total. The van der Waals surface area contributed by atoms with Gasteiger partial charge < -0.3 is 25.7 Å². The molecular weight excluding hydrogens is 683 g/mol.